The van der Waals surface area contributed by atoms with Crippen LogP contribution >= 0.6 is 0 Å². The van der Waals surface area contributed by atoms with Gasteiger partial charge < -0.3 is 16.0 Å². The Balaban J connectivity index is 1.83. The Morgan fingerprint density at radius 2 is 2.14 bits per heavy atom. The number of carbonyl (C=O) groups excluding carboxylic acids is 3. The molecular formula is C14H16N4O3. The van der Waals surface area contributed by atoms with Crippen LogP contribution in [-0.2, 0) is 4.79 Å². The van der Waals surface area contributed by atoms with Crippen LogP contribution in [0.5, 0.6) is 0 Å². The zero-order valence-electron chi connectivity index (χ0n) is 11.6. The monoisotopic (exact) mass is 288 g/mol. The molecule has 4 amide bonds. The Labute approximate surface area is 121 Å². The van der Waals surface area contributed by atoms with Crippen molar-refractivity contribution >= 4 is 23.5 Å². The normalized spacial score (nSPS) is 24.3. The molecule has 1 unspecified atom stereocenters. The van der Waals surface area contributed by atoms with E-state index in [2.05, 4.69) is 10.6 Å². The summed E-state index contributed by atoms with van der Waals surface area (Å²) in [5, 5.41) is 4.85. The van der Waals surface area contributed by atoms with Gasteiger partial charge in [0, 0.05) is 17.8 Å². The predicted octanol–water partition coefficient (Wildman–Crippen LogP) is 0.00132. The molecule has 7 heteroatoms. The average Bonchev–Trinajstić information content (AvgIpc) is 2.97. The van der Waals surface area contributed by atoms with Gasteiger partial charge in [0.1, 0.15) is 5.54 Å². The summed E-state index contributed by atoms with van der Waals surface area (Å²) in [6, 6.07) is 4.66. The molecule has 2 aliphatic heterocycles. The summed E-state index contributed by atoms with van der Waals surface area (Å²) < 4.78 is 0. The lowest BCUT2D eigenvalue weighted by Crippen LogP contribution is -2.49. The van der Waals surface area contributed by atoms with Gasteiger partial charge in [-0.2, -0.15) is 0 Å². The number of nitrogen functional groups attached to an aromatic ring is 1. The maximum atomic E-state index is 12.6. The quantitative estimate of drug-likeness (QED) is 0.500. The summed E-state index contributed by atoms with van der Waals surface area (Å²) in [7, 11) is 0. The molecule has 110 valence electrons. The van der Waals surface area contributed by atoms with Gasteiger partial charge in [0.05, 0.1) is 6.54 Å². The highest BCUT2D eigenvalue weighted by atomic mass is 16.2. The molecule has 3 rings (SSSR count). The van der Waals surface area contributed by atoms with Crippen LogP contribution in [0.15, 0.2) is 18.2 Å². The van der Waals surface area contributed by atoms with Gasteiger partial charge >= 0.3 is 6.03 Å². The third-order valence-corrected chi connectivity index (χ3v) is 4.06. The van der Waals surface area contributed by atoms with Crippen LogP contribution in [0.4, 0.5) is 10.5 Å². The third kappa shape index (κ3) is 2.10. The summed E-state index contributed by atoms with van der Waals surface area (Å²) in [5.41, 5.74) is 6.61. The number of nitrogens with one attached hydrogen (secondary N) is 2. The van der Waals surface area contributed by atoms with Crippen molar-refractivity contribution in [1.29, 1.82) is 0 Å². The van der Waals surface area contributed by atoms with Crippen molar-refractivity contribution in [3.63, 3.8) is 0 Å². The van der Waals surface area contributed by atoms with Crippen LogP contribution in [0.1, 0.15) is 22.3 Å². The predicted molar refractivity (Wildman–Crippen MR) is 75.5 cm³/mol. The minimum absolute atomic E-state index is 0.175. The number of rotatable bonds is 1. The van der Waals surface area contributed by atoms with Crippen LogP contribution in [0, 0.1) is 6.92 Å². The van der Waals surface area contributed by atoms with Gasteiger partial charge in [-0.25, -0.2) is 4.79 Å². The van der Waals surface area contributed by atoms with Crippen LogP contribution in [0.2, 0.25) is 0 Å². The van der Waals surface area contributed by atoms with Gasteiger partial charge in [-0.3, -0.25) is 14.9 Å². The SMILES string of the molecule is Cc1ccc(N)cc1C(=O)N1CCC2(C1)NC(=O)NC2=O. The molecule has 21 heavy (non-hydrogen) atoms. The summed E-state index contributed by atoms with van der Waals surface area (Å²) in [5.74, 6) is -0.544. The first-order chi connectivity index (χ1) is 9.91. The first kappa shape index (κ1) is 13.4. The van der Waals surface area contributed by atoms with Crippen molar-refractivity contribution in [3.8, 4) is 0 Å². The second-order valence-corrected chi connectivity index (χ2v) is 5.54. The van der Waals surface area contributed by atoms with E-state index in [1.165, 1.54) is 0 Å². The number of nitrogens with two attached hydrogens (primary N) is 1. The van der Waals surface area contributed by atoms with Crippen molar-refractivity contribution < 1.29 is 14.4 Å². The molecule has 0 bridgehead atoms. The molecule has 0 saturated carbocycles. The second kappa shape index (κ2) is 4.47. The Morgan fingerprint density at radius 3 is 2.81 bits per heavy atom. The van der Waals surface area contributed by atoms with E-state index in [1.807, 2.05) is 6.92 Å². The molecule has 1 aromatic rings. The maximum absolute atomic E-state index is 12.6. The number of anilines is 1. The van der Waals surface area contributed by atoms with Crippen LogP contribution in [0.3, 0.4) is 0 Å². The Morgan fingerprint density at radius 1 is 1.38 bits per heavy atom. The number of likely N-dealkylation sites (tertiary alicyclic amines) is 1. The number of nitrogens with zero attached hydrogens (tertiary/aromatic N) is 1. The molecule has 0 aliphatic carbocycles. The molecule has 2 fully saturated rings. The van der Waals surface area contributed by atoms with Gasteiger partial charge in [0.25, 0.3) is 11.8 Å². The van der Waals surface area contributed by atoms with E-state index in [0.29, 0.717) is 24.2 Å². The first-order valence-electron chi connectivity index (χ1n) is 6.70. The zero-order chi connectivity index (χ0) is 15.2. The molecule has 2 aliphatic rings. The molecule has 1 atom stereocenters. The van der Waals surface area contributed by atoms with E-state index in [0.717, 1.165) is 5.56 Å². The molecule has 7 nitrogen and oxygen atoms in total. The molecule has 4 N–H and O–H groups in total. The van der Waals surface area contributed by atoms with Crippen molar-refractivity contribution in [2.75, 3.05) is 18.8 Å². The van der Waals surface area contributed by atoms with Crippen molar-refractivity contribution in [2.45, 2.75) is 18.9 Å². The van der Waals surface area contributed by atoms with Gasteiger partial charge in [-0.15, -0.1) is 0 Å². The van der Waals surface area contributed by atoms with E-state index >= 15 is 0 Å². The highest BCUT2D eigenvalue weighted by Gasteiger charge is 2.51. The topological polar surface area (TPSA) is 105 Å². The van der Waals surface area contributed by atoms with Crippen molar-refractivity contribution in [1.82, 2.24) is 15.5 Å². The van der Waals surface area contributed by atoms with E-state index in [-0.39, 0.29) is 18.4 Å². The number of amides is 4. The number of carbonyl (C=O) groups is 3. The zero-order valence-corrected chi connectivity index (χ0v) is 11.6. The van der Waals surface area contributed by atoms with Crippen molar-refractivity contribution in [2.24, 2.45) is 0 Å². The largest absolute Gasteiger partial charge is 0.399 e. The standard InChI is InChI=1S/C14H16N4O3/c1-8-2-3-9(15)6-10(8)11(19)18-5-4-14(7-18)12(20)16-13(21)17-14/h2-3,6H,4-5,7,15H2,1H3,(H2,16,17,20,21). The Hall–Kier alpha value is -2.57. The average molecular weight is 288 g/mol. The van der Waals surface area contributed by atoms with E-state index in [4.69, 9.17) is 5.73 Å². The van der Waals surface area contributed by atoms with Gasteiger partial charge in [0.2, 0.25) is 0 Å². The lowest BCUT2D eigenvalue weighted by atomic mass is 9.99. The van der Waals surface area contributed by atoms with Crippen LogP contribution in [-0.4, -0.2) is 41.4 Å². The number of aryl methyl sites for hydroxylation is 1. The third-order valence-electron chi connectivity index (χ3n) is 4.06. The van der Waals surface area contributed by atoms with E-state index < -0.39 is 11.6 Å². The summed E-state index contributed by atoms with van der Waals surface area (Å²) in [4.78, 5) is 37.3. The molecule has 2 saturated heterocycles. The van der Waals surface area contributed by atoms with Gasteiger partial charge in [0.15, 0.2) is 0 Å². The van der Waals surface area contributed by atoms with Gasteiger partial charge in [-0.05, 0) is 31.0 Å². The summed E-state index contributed by atoms with van der Waals surface area (Å²) in [6.07, 6.45) is 0.414. The summed E-state index contributed by atoms with van der Waals surface area (Å²) in [6.45, 7) is 2.43. The molecule has 0 radical (unpaired) electrons. The van der Waals surface area contributed by atoms with Gasteiger partial charge in [-0.1, -0.05) is 6.07 Å². The lowest BCUT2D eigenvalue weighted by molar-refractivity contribution is -0.123. The fourth-order valence-electron chi connectivity index (χ4n) is 2.84. The van der Waals surface area contributed by atoms with Crippen LogP contribution < -0.4 is 16.4 Å². The fourth-order valence-corrected chi connectivity index (χ4v) is 2.84. The number of urea groups is 1. The van der Waals surface area contributed by atoms with Crippen molar-refractivity contribution in [3.05, 3.63) is 29.3 Å². The fraction of sp³-hybridized carbons (Fsp3) is 0.357. The molecular weight excluding hydrogens is 272 g/mol. The molecule has 2 heterocycles. The molecule has 0 aromatic heterocycles. The number of hydrogen-bond donors (Lipinski definition) is 3. The maximum Gasteiger partial charge on any atom is 0.322 e. The lowest BCUT2D eigenvalue weighted by Gasteiger charge is -2.21. The number of benzene rings is 1. The second-order valence-electron chi connectivity index (χ2n) is 5.54. The highest BCUT2D eigenvalue weighted by Crippen LogP contribution is 2.27. The Bertz CT molecular complexity index is 658. The van der Waals surface area contributed by atoms with E-state index in [1.54, 1.807) is 23.1 Å². The minimum atomic E-state index is -0.985. The summed E-state index contributed by atoms with van der Waals surface area (Å²) >= 11 is 0. The van der Waals surface area contributed by atoms with E-state index in [9.17, 15) is 14.4 Å². The number of imide groups is 1. The first-order valence-corrected chi connectivity index (χ1v) is 6.70. The number of hydrogen-bond acceptors (Lipinski definition) is 4. The molecule has 1 spiro atoms. The minimum Gasteiger partial charge on any atom is -0.399 e. The smallest absolute Gasteiger partial charge is 0.322 e. The highest BCUT2D eigenvalue weighted by molar-refractivity contribution is 6.08. The Kier molecular flexibility index (Phi) is 2.86. The molecule has 1 aromatic carbocycles. The van der Waals surface area contributed by atoms with Crippen LogP contribution in [0.25, 0.3) is 0 Å².